The Kier molecular flexibility index (Phi) is 4.47. The highest BCUT2D eigenvalue weighted by Crippen LogP contribution is 2.28. The van der Waals surface area contributed by atoms with Crippen molar-refractivity contribution in [2.45, 2.75) is 31.7 Å². The first-order valence-electron chi connectivity index (χ1n) is 7.54. The van der Waals surface area contributed by atoms with Gasteiger partial charge in [-0.3, -0.25) is 0 Å². The van der Waals surface area contributed by atoms with Crippen LogP contribution in [0.5, 0.6) is 0 Å². The summed E-state index contributed by atoms with van der Waals surface area (Å²) < 4.78 is 7.19. The number of amides is 1. The summed E-state index contributed by atoms with van der Waals surface area (Å²) in [6.07, 6.45) is 3.24. The van der Waals surface area contributed by atoms with Gasteiger partial charge in [0.1, 0.15) is 11.3 Å². The highest BCUT2D eigenvalue weighted by molar-refractivity contribution is 6.16. The van der Waals surface area contributed by atoms with Crippen LogP contribution in [0.25, 0.3) is 11.2 Å². The Morgan fingerprint density at radius 1 is 1.45 bits per heavy atom. The van der Waals surface area contributed by atoms with Gasteiger partial charge in [-0.1, -0.05) is 0 Å². The number of nitrogens with zero attached hydrogens (tertiary/aromatic N) is 4. The summed E-state index contributed by atoms with van der Waals surface area (Å²) in [6, 6.07) is 4.09. The number of pyridine rings is 1. The zero-order valence-electron chi connectivity index (χ0n) is 12.5. The third kappa shape index (κ3) is 2.75. The number of alkyl halides is 1. The molecule has 6 nitrogen and oxygen atoms in total. The van der Waals surface area contributed by atoms with Crippen LogP contribution in [0.15, 0.2) is 18.3 Å². The van der Waals surface area contributed by atoms with E-state index in [0.29, 0.717) is 25.6 Å². The normalized spacial score (nSPS) is 16.2. The minimum absolute atomic E-state index is 0.230. The molecule has 2 aromatic heterocycles. The molecule has 0 bridgehead atoms. The number of hydrogen-bond donors (Lipinski definition) is 0. The third-order valence-electron chi connectivity index (χ3n) is 4.00. The number of likely N-dealkylation sites (tertiary alicyclic amines) is 1. The van der Waals surface area contributed by atoms with Gasteiger partial charge in [0.25, 0.3) is 0 Å². The Morgan fingerprint density at radius 3 is 2.91 bits per heavy atom. The van der Waals surface area contributed by atoms with E-state index in [2.05, 4.69) is 14.5 Å². The van der Waals surface area contributed by atoms with Gasteiger partial charge >= 0.3 is 6.09 Å². The summed E-state index contributed by atoms with van der Waals surface area (Å²) in [6.45, 7) is 3.58. The van der Waals surface area contributed by atoms with Crippen molar-refractivity contribution in [1.29, 1.82) is 0 Å². The fraction of sp³-hybridized carbons (Fsp3) is 0.533. The van der Waals surface area contributed by atoms with E-state index in [4.69, 9.17) is 16.3 Å². The van der Waals surface area contributed by atoms with Crippen molar-refractivity contribution >= 4 is 28.9 Å². The molecule has 1 aliphatic heterocycles. The van der Waals surface area contributed by atoms with E-state index in [1.807, 2.05) is 19.1 Å². The van der Waals surface area contributed by atoms with Gasteiger partial charge in [0, 0.05) is 25.3 Å². The van der Waals surface area contributed by atoms with Gasteiger partial charge < -0.3 is 14.2 Å². The smallest absolute Gasteiger partial charge is 0.409 e. The second kappa shape index (κ2) is 6.52. The largest absolute Gasteiger partial charge is 0.450 e. The lowest BCUT2D eigenvalue weighted by Crippen LogP contribution is -2.39. The summed E-state index contributed by atoms with van der Waals surface area (Å²) >= 11 is 6.05. The molecule has 0 radical (unpaired) electrons. The van der Waals surface area contributed by atoms with Gasteiger partial charge in [0.2, 0.25) is 0 Å². The van der Waals surface area contributed by atoms with Crippen LogP contribution in [-0.4, -0.2) is 45.2 Å². The lowest BCUT2D eigenvalue weighted by Gasteiger charge is -2.32. The van der Waals surface area contributed by atoms with E-state index in [1.54, 1.807) is 11.1 Å². The van der Waals surface area contributed by atoms with Crippen LogP contribution in [0, 0.1) is 0 Å². The molecule has 0 atom stereocenters. The molecule has 3 heterocycles. The molecule has 22 heavy (non-hydrogen) atoms. The van der Waals surface area contributed by atoms with Crippen molar-refractivity contribution in [1.82, 2.24) is 19.4 Å². The summed E-state index contributed by atoms with van der Waals surface area (Å²) in [7, 11) is 0. The first-order valence-corrected chi connectivity index (χ1v) is 8.07. The molecule has 0 saturated carbocycles. The average Bonchev–Trinajstić information content (AvgIpc) is 2.93. The Balaban J connectivity index is 1.80. The zero-order valence-corrected chi connectivity index (χ0v) is 13.3. The quantitative estimate of drug-likeness (QED) is 0.815. The van der Waals surface area contributed by atoms with E-state index in [9.17, 15) is 4.79 Å². The van der Waals surface area contributed by atoms with Crippen molar-refractivity contribution in [2.75, 3.05) is 19.7 Å². The Hall–Kier alpha value is -1.82. The maximum absolute atomic E-state index is 11.8. The van der Waals surface area contributed by atoms with Gasteiger partial charge in [-0.05, 0) is 31.9 Å². The van der Waals surface area contributed by atoms with Crippen LogP contribution < -0.4 is 0 Å². The van der Waals surface area contributed by atoms with Crippen LogP contribution in [0.1, 0.15) is 31.6 Å². The second-order valence-corrected chi connectivity index (χ2v) is 5.56. The molecular weight excluding hydrogens is 304 g/mol. The van der Waals surface area contributed by atoms with Gasteiger partial charge in [0.05, 0.1) is 12.5 Å². The van der Waals surface area contributed by atoms with E-state index in [-0.39, 0.29) is 12.1 Å². The van der Waals surface area contributed by atoms with Crippen molar-refractivity contribution in [3.05, 3.63) is 24.2 Å². The molecule has 1 aliphatic rings. The van der Waals surface area contributed by atoms with Crippen LogP contribution in [0.3, 0.4) is 0 Å². The molecule has 1 amide bonds. The van der Waals surface area contributed by atoms with Gasteiger partial charge in [0.15, 0.2) is 5.65 Å². The Morgan fingerprint density at radius 2 is 2.23 bits per heavy atom. The fourth-order valence-electron chi connectivity index (χ4n) is 2.98. The third-order valence-corrected chi connectivity index (χ3v) is 4.24. The van der Waals surface area contributed by atoms with Crippen molar-refractivity contribution in [3.63, 3.8) is 0 Å². The van der Waals surface area contributed by atoms with Gasteiger partial charge in [-0.25, -0.2) is 14.8 Å². The molecule has 0 N–H and O–H groups in total. The minimum Gasteiger partial charge on any atom is -0.450 e. The predicted octanol–water partition coefficient (Wildman–Crippen LogP) is 2.96. The Bertz CT molecular complexity index is 665. The van der Waals surface area contributed by atoms with Gasteiger partial charge in [-0.2, -0.15) is 0 Å². The fourth-order valence-corrected chi connectivity index (χ4v) is 3.16. The molecule has 0 unspecified atom stereocenters. The lowest BCUT2D eigenvalue weighted by molar-refractivity contribution is 0.0928. The zero-order chi connectivity index (χ0) is 15.5. The van der Waals surface area contributed by atoms with Gasteiger partial charge in [-0.15, -0.1) is 11.6 Å². The molecule has 118 valence electrons. The number of rotatable bonds is 3. The number of piperidine rings is 1. The van der Waals surface area contributed by atoms with Crippen LogP contribution in [0.2, 0.25) is 0 Å². The van der Waals surface area contributed by atoms with Crippen LogP contribution in [0.4, 0.5) is 4.79 Å². The van der Waals surface area contributed by atoms with Crippen molar-refractivity contribution < 1.29 is 9.53 Å². The average molecular weight is 323 g/mol. The summed E-state index contributed by atoms with van der Waals surface area (Å²) in [5, 5.41) is 0. The van der Waals surface area contributed by atoms with E-state index >= 15 is 0 Å². The van der Waals surface area contributed by atoms with E-state index in [1.165, 1.54) is 0 Å². The highest BCUT2D eigenvalue weighted by atomic mass is 35.5. The molecule has 2 aromatic rings. The predicted molar refractivity (Wildman–Crippen MR) is 84.0 cm³/mol. The number of carbonyl (C=O) groups is 1. The molecule has 0 aliphatic carbocycles. The molecule has 1 fully saturated rings. The summed E-state index contributed by atoms with van der Waals surface area (Å²) in [5.74, 6) is 1.19. The number of fused-ring (bicyclic) bond motifs is 1. The number of aromatic nitrogens is 3. The summed E-state index contributed by atoms with van der Waals surface area (Å²) in [5.41, 5.74) is 1.73. The topological polar surface area (TPSA) is 60.2 Å². The number of hydrogen-bond acceptors (Lipinski definition) is 4. The highest BCUT2D eigenvalue weighted by Gasteiger charge is 2.27. The number of imidazole rings is 1. The monoisotopic (exact) mass is 322 g/mol. The first-order chi connectivity index (χ1) is 10.7. The molecule has 1 saturated heterocycles. The first kappa shape index (κ1) is 15.1. The molecule has 0 aromatic carbocycles. The number of ether oxygens (including phenoxy) is 1. The van der Waals surface area contributed by atoms with Crippen molar-refractivity contribution in [2.24, 2.45) is 0 Å². The summed E-state index contributed by atoms with van der Waals surface area (Å²) in [4.78, 5) is 22.5. The second-order valence-electron chi connectivity index (χ2n) is 5.29. The molecule has 3 rings (SSSR count). The molecular formula is C15H19ClN4O2. The number of carbonyl (C=O) groups excluding carboxylic acids is 1. The van der Waals surface area contributed by atoms with Crippen LogP contribution >= 0.6 is 11.6 Å². The minimum atomic E-state index is -0.230. The van der Waals surface area contributed by atoms with Crippen molar-refractivity contribution in [3.8, 4) is 0 Å². The Labute approximate surface area is 134 Å². The van der Waals surface area contributed by atoms with Crippen LogP contribution in [-0.2, 0) is 10.6 Å². The van der Waals surface area contributed by atoms with E-state index in [0.717, 1.165) is 29.8 Å². The number of halogens is 1. The SMILES string of the molecule is CCOC(=O)N1CCC(n2c(CCl)nc3cccnc32)CC1. The lowest BCUT2D eigenvalue weighted by atomic mass is 10.1. The molecule has 0 spiro atoms. The van der Waals surface area contributed by atoms with E-state index < -0.39 is 0 Å². The maximum Gasteiger partial charge on any atom is 0.409 e. The maximum atomic E-state index is 11.8. The standard InChI is InChI=1S/C15H19ClN4O2/c1-2-22-15(21)19-8-5-11(6-9-19)20-13(10-16)18-12-4-3-7-17-14(12)20/h3-4,7,11H,2,5-6,8-10H2,1H3. The molecule has 7 heteroatoms.